The van der Waals surface area contributed by atoms with Crippen molar-refractivity contribution in [3.63, 3.8) is 0 Å². The second-order valence-electron chi connectivity index (χ2n) is 11.4. The first-order valence-electron chi connectivity index (χ1n) is 17.2. The highest BCUT2D eigenvalue weighted by Crippen LogP contribution is 2.31. The maximum Gasteiger partial charge on any atom is 0.330 e. The van der Waals surface area contributed by atoms with Gasteiger partial charge in [0.2, 0.25) is 0 Å². The molecule has 0 saturated heterocycles. The van der Waals surface area contributed by atoms with Crippen LogP contribution in [0.25, 0.3) is 0 Å². The van der Waals surface area contributed by atoms with Crippen LogP contribution < -0.4 is 9.47 Å². The number of carbonyl (C=O) groups is 2. The summed E-state index contributed by atoms with van der Waals surface area (Å²) in [6, 6.07) is 24.4. The normalized spacial score (nSPS) is 11.2. The van der Waals surface area contributed by atoms with E-state index in [9.17, 15) is 19.8 Å². The quantitative estimate of drug-likeness (QED) is 0.0346. The molecule has 0 heterocycles. The van der Waals surface area contributed by atoms with E-state index in [-0.39, 0.29) is 13.2 Å². The summed E-state index contributed by atoms with van der Waals surface area (Å²) in [5.74, 6) is 0.490. The van der Waals surface area contributed by atoms with Crippen LogP contribution in [0.15, 0.2) is 141 Å². The molecule has 0 atom stereocenters. The third kappa shape index (κ3) is 14.0. The number of benzene rings is 4. The summed E-state index contributed by atoms with van der Waals surface area (Å²) in [5.41, 5.74) is 4.17. The summed E-state index contributed by atoms with van der Waals surface area (Å²) in [7, 11) is 0. The van der Waals surface area contributed by atoms with E-state index in [0.29, 0.717) is 96.0 Å². The van der Waals surface area contributed by atoms with Crippen LogP contribution in [0.1, 0.15) is 36.8 Å². The molecule has 0 aliphatic rings. The largest absolute Gasteiger partial charge is 0.494 e. The Kier molecular flexibility index (Phi) is 16.9. The molecule has 4 rings (SSSR count). The van der Waals surface area contributed by atoms with Gasteiger partial charge in [0, 0.05) is 23.3 Å². The number of rotatable bonds is 22. The predicted molar refractivity (Wildman–Crippen MR) is 202 cm³/mol. The zero-order valence-electron chi connectivity index (χ0n) is 29.8. The first kappa shape index (κ1) is 40.4. The van der Waals surface area contributed by atoms with Gasteiger partial charge in [0.15, 0.2) is 0 Å². The fraction of sp³-hybridized carbons (Fsp3) is 0.250. The zero-order valence-corrected chi connectivity index (χ0v) is 29.8. The lowest BCUT2D eigenvalue weighted by Crippen LogP contribution is -2.04. The number of hydrogen-bond acceptors (Lipinski definition) is 14. The summed E-state index contributed by atoms with van der Waals surface area (Å²) >= 11 is 0. The van der Waals surface area contributed by atoms with Gasteiger partial charge in [-0.3, -0.25) is 0 Å². The molecule has 0 aliphatic carbocycles. The maximum atomic E-state index is 11.1. The van der Waals surface area contributed by atoms with Gasteiger partial charge in [0.1, 0.15) is 11.5 Å². The van der Waals surface area contributed by atoms with Gasteiger partial charge in [-0.25, -0.2) is 9.59 Å². The molecule has 0 aromatic heterocycles. The number of carbonyl (C=O) groups excluding carboxylic acids is 2. The Balaban J connectivity index is 1.27. The Labute approximate surface area is 313 Å². The van der Waals surface area contributed by atoms with E-state index in [2.05, 4.69) is 43.8 Å². The molecule has 54 heavy (non-hydrogen) atoms. The van der Waals surface area contributed by atoms with Crippen molar-refractivity contribution >= 4 is 46.1 Å². The van der Waals surface area contributed by atoms with Crippen LogP contribution in [0, 0.1) is 0 Å². The van der Waals surface area contributed by atoms with Gasteiger partial charge < -0.3 is 29.2 Å². The molecule has 0 bridgehead atoms. The Morgan fingerprint density at radius 3 is 1.26 bits per heavy atom. The number of aliphatic hydroxyl groups is 2. The van der Waals surface area contributed by atoms with Crippen molar-refractivity contribution in [2.45, 2.75) is 38.9 Å². The smallest absolute Gasteiger partial charge is 0.330 e. The van der Waals surface area contributed by atoms with Crippen LogP contribution in [0.3, 0.4) is 0 Å². The third-order valence-corrected chi connectivity index (χ3v) is 7.40. The average molecular weight is 735 g/mol. The highest BCUT2D eigenvalue weighted by Gasteiger charge is 2.06. The van der Waals surface area contributed by atoms with Gasteiger partial charge in [-0.1, -0.05) is 13.2 Å². The Morgan fingerprint density at radius 1 is 0.500 bits per heavy atom. The Morgan fingerprint density at radius 2 is 0.852 bits per heavy atom. The van der Waals surface area contributed by atoms with Crippen molar-refractivity contribution in [3.8, 4) is 11.5 Å². The number of azo groups is 3. The van der Waals surface area contributed by atoms with Gasteiger partial charge in [-0.2, -0.15) is 30.7 Å². The van der Waals surface area contributed by atoms with Crippen molar-refractivity contribution in [2.75, 3.05) is 26.4 Å². The minimum absolute atomic E-state index is 0.286. The van der Waals surface area contributed by atoms with Gasteiger partial charge in [0.25, 0.3) is 0 Å². The zero-order chi connectivity index (χ0) is 38.4. The van der Waals surface area contributed by atoms with E-state index in [4.69, 9.17) is 18.9 Å². The lowest BCUT2D eigenvalue weighted by atomic mass is 10.1. The molecule has 0 radical (unpaired) electrons. The molecule has 0 aliphatic heterocycles. The number of esters is 2. The van der Waals surface area contributed by atoms with Crippen LogP contribution in [0.4, 0.5) is 34.1 Å². The number of hydrogen-bond donors (Lipinski definition) is 2. The molecule has 14 nitrogen and oxygen atoms in total. The molecule has 0 amide bonds. The molecule has 14 heteroatoms. The fourth-order valence-corrected chi connectivity index (χ4v) is 4.53. The molecule has 0 unspecified atom stereocenters. The molecule has 0 saturated carbocycles. The third-order valence-electron chi connectivity index (χ3n) is 7.40. The van der Waals surface area contributed by atoms with Gasteiger partial charge >= 0.3 is 11.9 Å². The van der Waals surface area contributed by atoms with E-state index in [1.165, 1.54) is 0 Å². The highest BCUT2D eigenvalue weighted by atomic mass is 16.5. The topological polar surface area (TPSA) is 186 Å². The molecule has 0 fully saturated rings. The number of nitrogens with zero attached hydrogens (tertiary/aromatic N) is 6. The maximum absolute atomic E-state index is 11.1. The van der Waals surface area contributed by atoms with Crippen molar-refractivity contribution in [2.24, 2.45) is 30.7 Å². The molecule has 4 aromatic carbocycles. The summed E-state index contributed by atoms with van der Waals surface area (Å²) in [6.07, 6.45) is 5.10. The molecular formula is C40H42N6O8. The fourth-order valence-electron chi connectivity index (χ4n) is 4.53. The average Bonchev–Trinajstić information content (AvgIpc) is 3.21. The van der Waals surface area contributed by atoms with Crippen LogP contribution in [0.5, 0.6) is 11.5 Å². The SMILES string of the molecule is C=CC(=O)OCCCCOc1ccc(N=Nc2ccc(N=Nc3ccc(N=Nc4ccc(OCCCCOC(=O)C=C)cc4)c(CO)c3)c(CO)c2)cc1. The van der Waals surface area contributed by atoms with Crippen LogP contribution in [-0.2, 0) is 32.3 Å². The molecule has 0 spiro atoms. The van der Waals surface area contributed by atoms with Crippen LogP contribution in [-0.4, -0.2) is 48.6 Å². The number of ether oxygens (including phenoxy) is 4. The summed E-state index contributed by atoms with van der Waals surface area (Å²) in [6.45, 7) is 7.74. The van der Waals surface area contributed by atoms with Crippen molar-refractivity contribution < 1.29 is 38.7 Å². The monoisotopic (exact) mass is 734 g/mol. The minimum atomic E-state index is -0.436. The number of unbranched alkanes of at least 4 members (excludes halogenated alkanes) is 2. The second-order valence-corrected chi connectivity index (χ2v) is 11.4. The summed E-state index contributed by atoms with van der Waals surface area (Å²) < 4.78 is 21.3. The predicted octanol–water partition coefficient (Wildman–Crippen LogP) is 9.69. The van der Waals surface area contributed by atoms with E-state index in [1.54, 1.807) is 84.9 Å². The lowest BCUT2D eigenvalue weighted by molar-refractivity contribution is -0.138. The van der Waals surface area contributed by atoms with Gasteiger partial charge in [0.05, 0.1) is 73.8 Å². The standard InChI is InChI=1S/C40H42N6O8/c1-3-39(49)53-23-7-5-21-51-35-15-9-31(10-16-35)41-43-33-13-19-38(29(25-33)27-47)46-44-34-14-20-37(30(26-34)28-48)45-42-32-11-17-36(18-12-32)52-22-6-8-24-54-40(50)4-2/h3-4,9-20,25-26,47-48H,1-2,5-8,21-24,27-28H2. The lowest BCUT2D eigenvalue weighted by Gasteiger charge is -2.06. The van der Waals surface area contributed by atoms with Crippen LogP contribution in [0.2, 0.25) is 0 Å². The molecule has 4 aromatic rings. The van der Waals surface area contributed by atoms with E-state index in [1.807, 2.05) is 0 Å². The molecule has 280 valence electrons. The summed E-state index contributed by atoms with van der Waals surface area (Å²) in [4.78, 5) is 22.1. The minimum Gasteiger partial charge on any atom is -0.494 e. The first-order chi connectivity index (χ1) is 26.4. The summed E-state index contributed by atoms with van der Waals surface area (Å²) in [5, 5.41) is 45.7. The molecule has 2 N–H and O–H groups in total. The molecular weight excluding hydrogens is 692 g/mol. The van der Waals surface area contributed by atoms with Crippen molar-refractivity contribution in [1.29, 1.82) is 0 Å². The second kappa shape index (κ2) is 22.5. The van der Waals surface area contributed by atoms with Crippen LogP contribution >= 0.6 is 0 Å². The van der Waals surface area contributed by atoms with E-state index < -0.39 is 11.9 Å². The first-order valence-corrected chi connectivity index (χ1v) is 17.2. The van der Waals surface area contributed by atoms with Crippen molar-refractivity contribution in [1.82, 2.24) is 0 Å². The van der Waals surface area contributed by atoms with E-state index >= 15 is 0 Å². The van der Waals surface area contributed by atoms with Gasteiger partial charge in [-0.05, 0) is 111 Å². The Bertz CT molecular complexity index is 1930. The number of aliphatic hydroxyl groups excluding tert-OH is 2. The Hall–Kier alpha value is -6.38. The van der Waals surface area contributed by atoms with Crippen molar-refractivity contribution in [3.05, 3.63) is 121 Å². The van der Waals surface area contributed by atoms with E-state index in [0.717, 1.165) is 25.0 Å². The highest BCUT2D eigenvalue weighted by molar-refractivity contribution is 5.81. The van der Waals surface area contributed by atoms with Gasteiger partial charge in [-0.15, -0.1) is 0 Å².